The Bertz CT molecular complexity index is 757. The van der Waals surface area contributed by atoms with E-state index in [4.69, 9.17) is 5.73 Å². The van der Waals surface area contributed by atoms with E-state index in [1.54, 1.807) is 36.4 Å². The molecule has 0 saturated heterocycles. The second-order valence-electron chi connectivity index (χ2n) is 7.14. The van der Waals surface area contributed by atoms with Gasteiger partial charge in [0.1, 0.15) is 5.75 Å². The lowest BCUT2D eigenvalue weighted by molar-refractivity contribution is 0.0846. The van der Waals surface area contributed by atoms with Crippen molar-refractivity contribution in [1.82, 2.24) is 5.32 Å². The third kappa shape index (κ3) is 4.15. The molecular weight excluding hydrogens is 331 g/mol. The van der Waals surface area contributed by atoms with Gasteiger partial charge in [0.15, 0.2) is 5.67 Å². The summed E-state index contributed by atoms with van der Waals surface area (Å²) in [5, 5.41) is 12.5. The van der Waals surface area contributed by atoms with Gasteiger partial charge in [-0.1, -0.05) is 49.9 Å². The van der Waals surface area contributed by atoms with Crippen LogP contribution >= 0.6 is 0 Å². The Morgan fingerprint density at radius 3 is 2.46 bits per heavy atom. The van der Waals surface area contributed by atoms with Crippen LogP contribution in [-0.4, -0.2) is 17.6 Å². The highest BCUT2D eigenvalue weighted by atomic mass is 19.1. The molecule has 26 heavy (non-hydrogen) atoms. The number of nitrogen functional groups attached to an aromatic ring is 1. The molecule has 1 atom stereocenters. The van der Waals surface area contributed by atoms with Gasteiger partial charge in [-0.25, -0.2) is 4.39 Å². The molecule has 1 amide bonds. The summed E-state index contributed by atoms with van der Waals surface area (Å²) >= 11 is 0. The molecule has 0 bridgehead atoms. The largest absolute Gasteiger partial charge is 0.507 e. The minimum atomic E-state index is -1.66. The number of amides is 1. The molecule has 4 nitrogen and oxygen atoms in total. The van der Waals surface area contributed by atoms with E-state index < -0.39 is 11.6 Å². The van der Waals surface area contributed by atoms with Crippen molar-refractivity contribution in [3.05, 3.63) is 59.7 Å². The lowest BCUT2D eigenvalue weighted by atomic mass is 9.85. The third-order valence-electron chi connectivity index (χ3n) is 5.19. The summed E-state index contributed by atoms with van der Waals surface area (Å²) in [7, 11) is 0. The van der Waals surface area contributed by atoms with E-state index in [2.05, 4.69) is 5.32 Å². The van der Waals surface area contributed by atoms with Gasteiger partial charge in [0.25, 0.3) is 5.91 Å². The zero-order valence-corrected chi connectivity index (χ0v) is 14.7. The molecule has 1 aliphatic carbocycles. The maximum absolute atomic E-state index is 16.0. The molecule has 0 heterocycles. The van der Waals surface area contributed by atoms with Crippen LogP contribution in [-0.2, 0) is 5.67 Å². The third-order valence-corrected chi connectivity index (χ3v) is 5.19. The average molecular weight is 356 g/mol. The fourth-order valence-corrected chi connectivity index (χ4v) is 3.73. The molecule has 5 heteroatoms. The van der Waals surface area contributed by atoms with Gasteiger partial charge in [-0.05, 0) is 42.2 Å². The molecule has 2 aromatic rings. The maximum Gasteiger partial charge on any atom is 0.255 e. The number of para-hydroxylation sites is 1. The first-order chi connectivity index (χ1) is 12.5. The van der Waals surface area contributed by atoms with Crippen molar-refractivity contribution in [2.45, 2.75) is 37.8 Å². The zero-order valence-electron chi connectivity index (χ0n) is 14.7. The number of benzene rings is 2. The SMILES string of the molecule is Nc1ccc(C(F)(CNC(=O)c2ccccc2O)CC2CCCC2)cc1. The fraction of sp³-hybridized carbons (Fsp3) is 0.381. The minimum absolute atomic E-state index is 0.113. The van der Waals surface area contributed by atoms with E-state index in [9.17, 15) is 9.90 Å². The summed E-state index contributed by atoms with van der Waals surface area (Å²) in [6.07, 6.45) is 4.68. The quantitative estimate of drug-likeness (QED) is 0.681. The lowest BCUT2D eigenvalue weighted by Gasteiger charge is -2.29. The van der Waals surface area contributed by atoms with Gasteiger partial charge < -0.3 is 16.2 Å². The second kappa shape index (κ2) is 7.77. The normalized spacial score (nSPS) is 17.0. The standard InChI is InChI=1S/C21H25FN2O2/c22-21(13-15-5-1-2-6-15,16-9-11-17(23)12-10-16)14-24-20(26)18-7-3-4-8-19(18)25/h3-4,7-12,15,25H,1-2,5-6,13-14,23H2,(H,24,26). The Hall–Kier alpha value is -2.56. The predicted molar refractivity (Wildman–Crippen MR) is 101 cm³/mol. The molecule has 0 aliphatic heterocycles. The van der Waals surface area contributed by atoms with Gasteiger partial charge in [0, 0.05) is 5.69 Å². The fourth-order valence-electron chi connectivity index (χ4n) is 3.73. The molecule has 1 unspecified atom stereocenters. The van der Waals surface area contributed by atoms with Crippen molar-refractivity contribution in [2.75, 3.05) is 12.3 Å². The number of phenols is 1. The van der Waals surface area contributed by atoms with Crippen molar-refractivity contribution in [2.24, 2.45) is 5.92 Å². The number of aromatic hydroxyl groups is 1. The number of anilines is 1. The van der Waals surface area contributed by atoms with Crippen molar-refractivity contribution in [1.29, 1.82) is 0 Å². The van der Waals surface area contributed by atoms with Crippen LogP contribution in [0.1, 0.15) is 48.0 Å². The van der Waals surface area contributed by atoms with Gasteiger partial charge in [-0.3, -0.25) is 4.79 Å². The highest BCUT2D eigenvalue weighted by molar-refractivity contribution is 5.96. The summed E-state index contributed by atoms with van der Waals surface area (Å²) < 4.78 is 16.0. The van der Waals surface area contributed by atoms with Crippen LogP contribution < -0.4 is 11.1 Å². The summed E-state index contributed by atoms with van der Waals surface area (Å²) in [5.74, 6) is -0.274. The van der Waals surface area contributed by atoms with E-state index in [-0.39, 0.29) is 17.9 Å². The van der Waals surface area contributed by atoms with Crippen molar-refractivity contribution < 1.29 is 14.3 Å². The van der Waals surface area contributed by atoms with Gasteiger partial charge in [0.05, 0.1) is 12.1 Å². The summed E-state index contributed by atoms with van der Waals surface area (Å²) in [6.45, 7) is -0.138. The summed E-state index contributed by atoms with van der Waals surface area (Å²) in [6, 6.07) is 13.0. The topological polar surface area (TPSA) is 75.3 Å². The van der Waals surface area contributed by atoms with Crippen LogP contribution in [0.5, 0.6) is 5.75 Å². The van der Waals surface area contributed by atoms with Crippen molar-refractivity contribution in [3.8, 4) is 5.75 Å². The van der Waals surface area contributed by atoms with Gasteiger partial charge >= 0.3 is 0 Å². The van der Waals surface area contributed by atoms with E-state index in [0.717, 1.165) is 25.7 Å². The number of nitrogens with one attached hydrogen (secondary N) is 1. The number of phenolic OH excluding ortho intramolecular Hbond substituents is 1. The van der Waals surface area contributed by atoms with E-state index in [1.807, 2.05) is 0 Å². The van der Waals surface area contributed by atoms with Crippen LogP contribution in [0.4, 0.5) is 10.1 Å². The first-order valence-corrected chi connectivity index (χ1v) is 9.09. The predicted octanol–water partition coefficient (Wildman–Crippen LogP) is 4.15. The average Bonchev–Trinajstić information content (AvgIpc) is 3.13. The van der Waals surface area contributed by atoms with Gasteiger partial charge in [-0.15, -0.1) is 0 Å². The number of nitrogens with two attached hydrogens (primary N) is 1. The Balaban J connectivity index is 1.77. The van der Waals surface area contributed by atoms with Crippen LogP contribution in [0.2, 0.25) is 0 Å². The molecule has 0 radical (unpaired) electrons. The molecular formula is C21H25FN2O2. The monoisotopic (exact) mass is 356 g/mol. The highest BCUT2D eigenvalue weighted by Crippen LogP contribution is 2.39. The Morgan fingerprint density at radius 1 is 1.15 bits per heavy atom. The van der Waals surface area contributed by atoms with Crippen molar-refractivity contribution >= 4 is 11.6 Å². The molecule has 4 N–H and O–H groups in total. The number of carbonyl (C=O) groups is 1. The molecule has 3 rings (SSSR count). The number of rotatable bonds is 6. The Labute approximate surface area is 153 Å². The smallest absolute Gasteiger partial charge is 0.255 e. The summed E-state index contributed by atoms with van der Waals surface area (Å²) in [5.41, 5.74) is 5.31. The number of alkyl halides is 1. The molecule has 1 fully saturated rings. The Morgan fingerprint density at radius 2 is 1.81 bits per heavy atom. The van der Waals surface area contributed by atoms with E-state index >= 15 is 4.39 Å². The van der Waals surface area contributed by atoms with E-state index in [0.29, 0.717) is 23.6 Å². The van der Waals surface area contributed by atoms with Gasteiger partial charge in [0.2, 0.25) is 0 Å². The van der Waals surface area contributed by atoms with Gasteiger partial charge in [-0.2, -0.15) is 0 Å². The number of hydrogen-bond acceptors (Lipinski definition) is 3. The second-order valence-corrected chi connectivity index (χ2v) is 7.14. The molecule has 138 valence electrons. The molecule has 2 aromatic carbocycles. The van der Waals surface area contributed by atoms with Crippen LogP contribution in [0.3, 0.4) is 0 Å². The van der Waals surface area contributed by atoms with Crippen LogP contribution in [0.25, 0.3) is 0 Å². The zero-order chi connectivity index (χ0) is 18.6. The van der Waals surface area contributed by atoms with E-state index in [1.165, 1.54) is 12.1 Å². The number of halogens is 1. The molecule has 0 aromatic heterocycles. The first-order valence-electron chi connectivity index (χ1n) is 9.09. The van der Waals surface area contributed by atoms with Crippen molar-refractivity contribution in [3.63, 3.8) is 0 Å². The number of hydrogen-bond donors (Lipinski definition) is 3. The number of carbonyl (C=O) groups excluding carboxylic acids is 1. The summed E-state index contributed by atoms with van der Waals surface area (Å²) in [4.78, 5) is 12.4. The maximum atomic E-state index is 16.0. The van der Waals surface area contributed by atoms with Crippen LogP contribution in [0.15, 0.2) is 48.5 Å². The first kappa shape index (κ1) is 18.2. The Kier molecular flexibility index (Phi) is 5.45. The molecule has 1 aliphatic rings. The lowest BCUT2D eigenvalue weighted by Crippen LogP contribution is -2.39. The van der Waals surface area contributed by atoms with Crippen LogP contribution in [0, 0.1) is 5.92 Å². The molecule has 0 spiro atoms. The molecule has 1 saturated carbocycles. The highest BCUT2D eigenvalue weighted by Gasteiger charge is 2.36. The minimum Gasteiger partial charge on any atom is -0.507 e.